The van der Waals surface area contributed by atoms with Crippen LogP contribution in [-0.4, -0.2) is 57.5 Å². The van der Waals surface area contributed by atoms with Gasteiger partial charge in [0.1, 0.15) is 42.4 Å². The topological polar surface area (TPSA) is 83.6 Å². The Bertz CT molecular complexity index is 993. The second-order valence-corrected chi connectivity index (χ2v) is 8.27. The monoisotopic (exact) mass is 389 g/mol. The number of carbonyl (C=O) groups excluding carboxylic acids is 1. The maximum absolute atomic E-state index is 13.2. The van der Waals surface area contributed by atoms with Gasteiger partial charge in [-0.2, -0.15) is 5.10 Å². The Hall–Kier alpha value is -2.47. The van der Waals surface area contributed by atoms with Crippen molar-refractivity contribution >= 4 is 54.7 Å². The summed E-state index contributed by atoms with van der Waals surface area (Å²) < 4.78 is 0. The van der Waals surface area contributed by atoms with Crippen LogP contribution in [0.15, 0.2) is 42.9 Å². The minimum atomic E-state index is -0.725. The number of halogens is 1. The van der Waals surface area contributed by atoms with Gasteiger partial charge in [0.25, 0.3) is 0 Å². The molecule has 11 heteroatoms. The summed E-state index contributed by atoms with van der Waals surface area (Å²) in [5, 5.41) is 9.54. The van der Waals surface area contributed by atoms with Crippen LogP contribution in [0.4, 0.5) is 5.82 Å². The van der Waals surface area contributed by atoms with Crippen LogP contribution in [0.25, 0.3) is 11.3 Å². The molecule has 0 saturated carbocycles. The molecule has 0 radical (unpaired) electrons. The molecule has 0 fully saturated rings. The number of aromatic nitrogens is 4. The number of H-pyrrole nitrogens is 1. The van der Waals surface area contributed by atoms with Crippen LogP contribution in [0.3, 0.4) is 0 Å². The van der Waals surface area contributed by atoms with Gasteiger partial charge in [-0.05, 0) is 35.9 Å². The summed E-state index contributed by atoms with van der Waals surface area (Å²) in [6.45, 7) is 1.93. The summed E-state index contributed by atoms with van der Waals surface area (Å²) in [4.78, 5) is 21.4. The molecule has 3 aromatic rings. The third kappa shape index (κ3) is 3.61. The predicted octanol–water partition coefficient (Wildman–Crippen LogP) is -0.731. The third-order valence-corrected chi connectivity index (χ3v) is 6.00. The van der Waals surface area contributed by atoms with E-state index in [1.807, 2.05) is 56.5 Å². The first-order valence-corrected chi connectivity index (χ1v) is 9.41. The van der Waals surface area contributed by atoms with Gasteiger partial charge in [-0.3, -0.25) is 14.9 Å². The van der Waals surface area contributed by atoms with Crippen molar-refractivity contribution in [2.45, 2.75) is 17.4 Å². The Morgan fingerprint density at radius 1 is 1.14 bits per heavy atom. The average molecular weight is 389 g/mol. The second kappa shape index (κ2) is 7.51. The highest BCUT2D eigenvalue weighted by Gasteiger charge is 2.44. The highest BCUT2D eigenvalue weighted by Crippen LogP contribution is 2.39. The first-order chi connectivity index (χ1) is 13.1. The summed E-state index contributed by atoms with van der Waals surface area (Å²) in [6.07, 6.45) is 5.15. The van der Waals surface area contributed by atoms with E-state index in [0.717, 1.165) is 22.4 Å². The zero-order valence-corrected chi connectivity index (χ0v) is 17.4. The van der Waals surface area contributed by atoms with E-state index in [2.05, 4.69) is 25.5 Å². The number of anilines is 1. The van der Waals surface area contributed by atoms with Gasteiger partial charge in [-0.1, -0.05) is 22.9 Å². The molecule has 28 heavy (non-hydrogen) atoms. The molecule has 0 bridgehead atoms. The van der Waals surface area contributed by atoms with Crippen molar-refractivity contribution in [3.8, 4) is 11.3 Å². The maximum Gasteiger partial charge on any atom is 0.215 e. The number of hydrogen-bond acceptors (Lipinski definition) is 4. The Kier molecular flexibility index (Phi) is 5.44. The van der Waals surface area contributed by atoms with Gasteiger partial charge < -0.3 is 5.32 Å². The van der Waals surface area contributed by atoms with E-state index in [4.69, 9.17) is 11.6 Å². The number of aromatic amines is 1. The van der Waals surface area contributed by atoms with Gasteiger partial charge >= 0.3 is 0 Å². The molecule has 0 atom stereocenters. The molecule has 3 rings (SSSR count). The fraction of sp³-hybridized carbons (Fsp3) is 0.176. The van der Waals surface area contributed by atoms with E-state index in [9.17, 15) is 4.79 Å². The van der Waals surface area contributed by atoms with Crippen LogP contribution in [-0.2, 0) is 10.0 Å². The lowest BCUT2D eigenvalue weighted by molar-refractivity contribution is -0.117. The fourth-order valence-corrected chi connectivity index (χ4v) is 3.08. The molecule has 0 unspecified atom stereocenters. The van der Waals surface area contributed by atoms with Crippen molar-refractivity contribution in [3.05, 3.63) is 59.1 Å². The quantitative estimate of drug-likeness (QED) is 0.445. The van der Waals surface area contributed by atoms with Crippen molar-refractivity contribution in [3.63, 3.8) is 0 Å². The predicted molar refractivity (Wildman–Crippen MR) is 123 cm³/mol. The van der Waals surface area contributed by atoms with Crippen LogP contribution < -0.4 is 5.32 Å². The molecule has 0 spiro atoms. The zero-order valence-electron chi connectivity index (χ0n) is 16.7. The number of rotatable bonds is 5. The van der Waals surface area contributed by atoms with Gasteiger partial charge in [0.15, 0.2) is 0 Å². The van der Waals surface area contributed by atoms with E-state index >= 15 is 0 Å². The van der Waals surface area contributed by atoms with Crippen molar-refractivity contribution in [1.29, 1.82) is 0 Å². The van der Waals surface area contributed by atoms with Gasteiger partial charge in [-0.15, -0.1) is 0 Å². The summed E-state index contributed by atoms with van der Waals surface area (Å²) in [7, 11) is 7.90. The molecule has 138 valence electrons. The molecule has 0 aliphatic rings. The molecule has 0 aromatic carbocycles. The van der Waals surface area contributed by atoms with Crippen molar-refractivity contribution in [2.24, 2.45) is 0 Å². The van der Waals surface area contributed by atoms with Gasteiger partial charge in [-0.25, -0.2) is 4.98 Å². The smallest absolute Gasteiger partial charge is 0.215 e. The lowest BCUT2D eigenvalue weighted by atomic mass is 9.28. The molecule has 0 saturated heterocycles. The SMILES string of the molecule is BC(B)(C(=O)Nc1[nH]nc(-c2ccncc2)c1C)C(B)(B)c1ccc(Cl)nc1. The van der Waals surface area contributed by atoms with E-state index in [0.29, 0.717) is 11.0 Å². The summed E-state index contributed by atoms with van der Waals surface area (Å²) in [5.41, 5.74) is 3.55. The number of nitrogens with zero attached hydrogens (tertiary/aromatic N) is 3. The molecule has 3 aromatic heterocycles. The fourth-order valence-electron chi connectivity index (χ4n) is 2.97. The number of hydrogen-bond donors (Lipinski definition) is 2. The number of amides is 1. The van der Waals surface area contributed by atoms with E-state index < -0.39 is 10.4 Å². The molecule has 1 amide bonds. The van der Waals surface area contributed by atoms with Crippen LogP contribution in [0.2, 0.25) is 10.4 Å². The van der Waals surface area contributed by atoms with Crippen LogP contribution >= 0.6 is 11.6 Å². The van der Waals surface area contributed by atoms with Crippen LogP contribution in [0.5, 0.6) is 0 Å². The Morgan fingerprint density at radius 2 is 1.82 bits per heavy atom. The molecule has 2 N–H and O–H groups in total. The van der Waals surface area contributed by atoms with E-state index in [-0.39, 0.29) is 5.91 Å². The van der Waals surface area contributed by atoms with E-state index in [1.165, 1.54) is 0 Å². The maximum atomic E-state index is 13.2. The van der Waals surface area contributed by atoms with Crippen molar-refractivity contribution < 1.29 is 4.79 Å². The van der Waals surface area contributed by atoms with E-state index in [1.54, 1.807) is 24.7 Å². The second-order valence-electron chi connectivity index (χ2n) is 7.88. The minimum absolute atomic E-state index is 0.111. The third-order valence-electron chi connectivity index (χ3n) is 5.78. The van der Waals surface area contributed by atoms with Gasteiger partial charge in [0, 0.05) is 29.7 Å². The molecule has 0 aliphatic heterocycles. The standard InChI is InChI=1S/C17H20B4ClN5O/c1-9-13(10-4-6-23-7-5-10)26-27-14(9)25-15(28)17(20,21)16(18,19)11-2-3-12(22)24-8-11/h2-8H,18-21H2,1H3,(H2,25,26,27,28). The number of carbonyl (C=O) groups is 1. The number of nitrogens with one attached hydrogen (secondary N) is 2. The van der Waals surface area contributed by atoms with Gasteiger partial charge in [0.05, 0.1) is 5.69 Å². The van der Waals surface area contributed by atoms with Crippen LogP contribution in [0.1, 0.15) is 11.1 Å². The zero-order chi connectivity index (χ0) is 20.5. The highest BCUT2D eigenvalue weighted by molar-refractivity contribution is 6.62. The number of pyridine rings is 2. The molecular weight excluding hydrogens is 369 g/mol. The lowest BCUT2D eigenvalue weighted by Gasteiger charge is -2.41. The average Bonchev–Trinajstić information content (AvgIpc) is 3.03. The molecule has 0 aliphatic carbocycles. The van der Waals surface area contributed by atoms with Gasteiger partial charge in [0.2, 0.25) is 5.91 Å². The molecule has 6 nitrogen and oxygen atoms in total. The summed E-state index contributed by atoms with van der Waals surface area (Å²) in [6, 6.07) is 7.42. The highest BCUT2D eigenvalue weighted by atomic mass is 35.5. The Labute approximate surface area is 172 Å². The van der Waals surface area contributed by atoms with Crippen LogP contribution in [0, 0.1) is 6.92 Å². The van der Waals surface area contributed by atoms with Crippen molar-refractivity contribution in [2.75, 3.05) is 5.32 Å². The first kappa shape index (κ1) is 20.3. The molecular formula is C17H20B4ClN5O. The summed E-state index contributed by atoms with van der Waals surface area (Å²) in [5.74, 6) is 0.482. The summed E-state index contributed by atoms with van der Waals surface area (Å²) >= 11 is 5.91. The van der Waals surface area contributed by atoms with Crippen molar-refractivity contribution in [1.82, 2.24) is 20.2 Å². The largest absolute Gasteiger partial charge is 0.312 e. The lowest BCUT2D eigenvalue weighted by Crippen LogP contribution is -2.50. The normalized spacial score (nSPS) is 11.9. The Morgan fingerprint density at radius 3 is 2.43 bits per heavy atom. The minimum Gasteiger partial charge on any atom is -0.312 e. The molecule has 3 heterocycles. The first-order valence-electron chi connectivity index (χ1n) is 9.03. The Balaban J connectivity index is 1.86.